The van der Waals surface area contributed by atoms with Crippen molar-refractivity contribution in [1.82, 2.24) is 5.32 Å². The standard InChI is InChI=1S/C12H12F3NO3/c1-19-10(17)6-7-16-11(18)8-4-2-3-5-9(8)12(13,14)15/h2-5H,6-7H2,1H3,(H,16,18). The first-order valence-electron chi connectivity index (χ1n) is 5.37. The van der Waals surface area contributed by atoms with Crippen LogP contribution in [0.2, 0.25) is 0 Å². The number of rotatable bonds is 4. The molecule has 0 saturated heterocycles. The van der Waals surface area contributed by atoms with Crippen molar-refractivity contribution in [3.05, 3.63) is 35.4 Å². The van der Waals surface area contributed by atoms with Crippen LogP contribution < -0.4 is 5.32 Å². The highest BCUT2D eigenvalue weighted by atomic mass is 19.4. The number of methoxy groups -OCH3 is 1. The zero-order valence-corrected chi connectivity index (χ0v) is 10.1. The predicted octanol–water partition coefficient (Wildman–Crippen LogP) is 2.00. The quantitative estimate of drug-likeness (QED) is 0.855. The number of carbonyl (C=O) groups is 2. The second-order valence-corrected chi connectivity index (χ2v) is 3.63. The van der Waals surface area contributed by atoms with E-state index in [0.29, 0.717) is 0 Å². The summed E-state index contributed by atoms with van der Waals surface area (Å²) in [6.07, 6.45) is -4.70. The summed E-state index contributed by atoms with van der Waals surface area (Å²) in [5.74, 6) is -1.43. The largest absolute Gasteiger partial charge is 0.469 e. The molecular weight excluding hydrogens is 263 g/mol. The van der Waals surface area contributed by atoms with Crippen molar-refractivity contribution in [1.29, 1.82) is 0 Å². The molecule has 0 atom stereocenters. The molecule has 0 radical (unpaired) electrons. The van der Waals surface area contributed by atoms with Gasteiger partial charge in [-0.1, -0.05) is 12.1 Å². The number of esters is 1. The van der Waals surface area contributed by atoms with Gasteiger partial charge in [-0.2, -0.15) is 13.2 Å². The highest BCUT2D eigenvalue weighted by Gasteiger charge is 2.34. The van der Waals surface area contributed by atoms with E-state index in [1.165, 1.54) is 19.2 Å². The Kier molecular flexibility index (Phi) is 4.91. The van der Waals surface area contributed by atoms with Gasteiger partial charge in [0, 0.05) is 6.54 Å². The molecule has 104 valence electrons. The van der Waals surface area contributed by atoms with Crippen molar-refractivity contribution in [3.63, 3.8) is 0 Å². The van der Waals surface area contributed by atoms with Crippen LogP contribution in [0.4, 0.5) is 13.2 Å². The van der Waals surface area contributed by atoms with Crippen LogP contribution in [0.5, 0.6) is 0 Å². The number of benzene rings is 1. The summed E-state index contributed by atoms with van der Waals surface area (Å²) >= 11 is 0. The van der Waals surface area contributed by atoms with E-state index in [0.717, 1.165) is 12.1 Å². The number of ether oxygens (including phenoxy) is 1. The molecule has 1 aromatic rings. The van der Waals surface area contributed by atoms with Gasteiger partial charge in [0.2, 0.25) is 0 Å². The van der Waals surface area contributed by atoms with Gasteiger partial charge in [-0.3, -0.25) is 9.59 Å². The molecule has 1 rings (SSSR count). The first kappa shape index (κ1) is 15.0. The molecule has 0 saturated carbocycles. The molecule has 0 spiro atoms. The SMILES string of the molecule is COC(=O)CCNC(=O)c1ccccc1C(F)(F)F. The topological polar surface area (TPSA) is 55.4 Å². The van der Waals surface area contributed by atoms with Gasteiger partial charge in [-0.15, -0.1) is 0 Å². The number of alkyl halides is 3. The molecule has 0 bridgehead atoms. The summed E-state index contributed by atoms with van der Waals surface area (Å²) in [5, 5.41) is 2.24. The van der Waals surface area contributed by atoms with Crippen LogP contribution >= 0.6 is 0 Å². The maximum absolute atomic E-state index is 12.7. The minimum absolute atomic E-state index is 0.0856. The Morgan fingerprint density at radius 1 is 1.26 bits per heavy atom. The van der Waals surface area contributed by atoms with Crippen LogP contribution in [0.3, 0.4) is 0 Å². The Morgan fingerprint density at radius 3 is 2.47 bits per heavy atom. The highest BCUT2D eigenvalue weighted by Crippen LogP contribution is 2.31. The summed E-state index contributed by atoms with van der Waals surface area (Å²) in [4.78, 5) is 22.4. The zero-order chi connectivity index (χ0) is 14.5. The summed E-state index contributed by atoms with van der Waals surface area (Å²) in [5.41, 5.74) is -1.48. The lowest BCUT2D eigenvalue weighted by Crippen LogP contribution is -2.28. The van der Waals surface area contributed by atoms with Gasteiger partial charge in [0.25, 0.3) is 5.91 Å². The first-order chi connectivity index (χ1) is 8.86. The molecular formula is C12H12F3NO3. The molecule has 0 fully saturated rings. The second-order valence-electron chi connectivity index (χ2n) is 3.63. The summed E-state index contributed by atoms with van der Waals surface area (Å²) in [6, 6.07) is 4.45. The fourth-order valence-corrected chi connectivity index (χ4v) is 1.40. The molecule has 19 heavy (non-hydrogen) atoms. The third-order valence-corrected chi connectivity index (χ3v) is 2.32. The van der Waals surface area contributed by atoms with E-state index >= 15 is 0 Å². The van der Waals surface area contributed by atoms with Gasteiger partial charge in [0.1, 0.15) is 0 Å². The molecule has 7 heteroatoms. The van der Waals surface area contributed by atoms with Crippen LogP contribution in [0.15, 0.2) is 24.3 Å². The molecule has 1 N–H and O–H groups in total. The van der Waals surface area contributed by atoms with Crippen LogP contribution in [0.1, 0.15) is 22.3 Å². The maximum Gasteiger partial charge on any atom is 0.417 e. The predicted molar refractivity (Wildman–Crippen MR) is 60.4 cm³/mol. The lowest BCUT2D eigenvalue weighted by molar-refractivity contribution is -0.140. The number of carbonyl (C=O) groups excluding carboxylic acids is 2. The molecule has 0 aliphatic carbocycles. The summed E-state index contributed by atoms with van der Waals surface area (Å²) in [6.45, 7) is -0.0856. The monoisotopic (exact) mass is 275 g/mol. The molecule has 0 aromatic heterocycles. The normalized spacial score (nSPS) is 10.9. The van der Waals surface area contributed by atoms with E-state index in [4.69, 9.17) is 0 Å². The van der Waals surface area contributed by atoms with Crippen LogP contribution in [0, 0.1) is 0 Å². The van der Waals surface area contributed by atoms with Crippen LogP contribution in [-0.2, 0) is 15.7 Å². The van der Waals surface area contributed by atoms with E-state index in [1.54, 1.807) is 0 Å². The van der Waals surface area contributed by atoms with Crippen molar-refractivity contribution in [3.8, 4) is 0 Å². The average Bonchev–Trinajstić information content (AvgIpc) is 2.37. The van der Waals surface area contributed by atoms with Crippen molar-refractivity contribution in [2.24, 2.45) is 0 Å². The van der Waals surface area contributed by atoms with Gasteiger partial charge in [-0.05, 0) is 12.1 Å². The van der Waals surface area contributed by atoms with Gasteiger partial charge in [0.15, 0.2) is 0 Å². The van der Waals surface area contributed by atoms with Gasteiger partial charge < -0.3 is 10.1 Å². The maximum atomic E-state index is 12.7. The molecule has 1 aromatic carbocycles. The molecule has 1 amide bonds. The van der Waals surface area contributed by atoms with E-state index in [9.17, 15) is 22.8 Å². The number of halogens is 3. The minimum atomic E-state index is -4.60. The van der Waals surface area contributed by atoms with Crippen molar-refractivity contribution in [2.75, 3.05) is 13.7 Å². The van der Waals surface area contributed by atoms with Gasteiger partial charge in [-0.25, -0.2) is 0 Å². The van der Waals surface area contributed by atoms with Gasteiger partial charge >= 0.3 is 12.1 Å². The second kappa shape index (κ2) is 6.21. The number of amides is 1. The Bertz CT molecular complexity index is 472. The number of hydrogen-bond acceptors (Lipinski definition) is 3. The third kappa shape index (κ3) is 4.27. The average molecular weight is 275 g/mol. The molecule has 0 heterocycles. The van der Waals surface area contributed by atoms with E-state index in [1.807, 2.05) is 0 Å². The van der Waals surface area contributed by atoms with Crippen LogP contribution in [-0.4, -0.2) is 25.5 Å². The lowest BCUT2D eigenvalue weighted by atomic mass is 10.1. The molecule has 0 unspecified atom stereocenters. The first-order valence-corrected chi connectivity index (χ1v) is 5.37. The van der Waals surface area contributed by atoms with Crippen molar-refractivity contribution in [2.45, 2.75) is 12.6 Å². The summed E-state index contributed by atoms with van der Waals surface area (Å²) in [7, 11) is 1.18. The van der Waals surface area contributed by atoms with E-state index in [2.05, 4.69) is 10.1 Å². The molecule has 0 aliphatic heterocycles. The Labute approximate surface area is 107 Å². The van der Waals surface area contributed by atoms with Crippen LogP contribution in [0.25, 0.3) is 0 Å². The van der Waals surface area contributed by atoms with E-state index < -0.39 is 29.2 Å². The molecule has 4 nitrogen and oxygen atoms in total. The van der Waals surface area contributed by atoms with Gasteiger partial charge in [0.05, 0.1) is 24.7 Å². The smallest absolute Gasteiger partial charge is 0.417 e. The summed E-state index contributed by atoms with van der Waals surface area (Å²) < 4.78 is 42.3. The molecule has 0 aliphatic rings. The Balaban J connectivity index is 2.75. The van der Waals surface area contributed by atoms with E-state index in [-0.39, 0.29) is 13.0 Å². The fourth-order valence-electron chi connectivity index (χ4n) is 1.40. The third-order valence-electron chi connectivity index (χ3n) is 2.32. The fraction of sp³-hybridized carbons (Fsp3) is 0.333. The van der Waals surface area contributed by atoms with Crippen molar-refractivity contribution < 1.29 is 27.5 Å². The number of hydrogen-bond donors (Lipinski definition) is 1. The minimum Gasteiger partial charge on any atom is -0.469 e. The zero-order valence-electron chi connectivity index (χ0n) is 10.1. The Hall–Kier alpha value is -2.05. The van der Waals surface area contributed by atoms with Crippen molar-refractivity contribution >= 4 is 11.9 Å². The number of nitrogens with one attached hydrogen (secondary N) is 1. The highest BCUT2D eigenvalue weighted by molar-refractivity contribution is 5.96. The lowest BCUT2D eigenvalue weighted by Gasteiger charge is -2.12. The Morgan fingerprint density at radius 2 is 1.89 bits per heavy atom.